The molecule has 1 unspecified atom stereocenters. The van der Waals surface area contributed by atoms with Gasteiger partial charge in [0.2, 0.25) is 0 Å². The van der Waals surface area contributed by atoms with Gasteiger partial charge in [0.25, 0.3) is 0 Å². The van der Waals surface area contributed by atoms with Crippen LogP contribution in [0.3, 0.4) is 0 Å². The van der Waals surface area contributed by atoms with Crippen molar-refractivity contribution in [1.29, 1.82) is 0 Å². The van der Waals surface area contributed by atoms with Crippen molar-refractivity contribution in [3.05, 3.63) is 58.7 Å². The van der Waals surface area contributed by atoms with Gasteiger partial charge in [0.15, 0.2) is 6.29 Å². The first-order chi connectivity index (χ1) is 16.3. The Morgan fingerprint density at radius 3 is 2.18 bits per heavy atom. The van der Waals surface area contributed by atoms with Gasteiger partial charge in [-0.2, -0.15) is 0 Å². The zero-order chi connectivity index (χ0) is 25.2. The summed E-state index contributed by atoms with van der Waals surface area (Å²) in [5.74, 6) is 0. The maximum Gasteiger partial charge on any atom is 0.174 e. The summed E-state index contributed by atoms with van der Waals surface area (Å²) in [4.78, 5) is 0. The monoisotopic (exact) mass is 470 g/mol. The molecule has 0 aromatic rings. The molecule has 0 radical (unpaired) electrons. The molecule has 1 aliphatic rings. The highest BCUT2D eigenvalue weighted by atomic mass is 16.6. The number of hydrogen-bond donors (Lipinski definition) is 1. The minimum absolute atomic E-state index is 0.276. The molecule has 0 fully saturated rings. The lowest BCUT2D eigenvalue weighted by Gasteiger charge is -2.32. The smallest absolute Gasteiger partial charge is 0.174 e. The Labute approximate surface area is 212 Å². The molecule has 0 saturated carbocycles. The van der Waals surface area contributed by atoms with Crippen molar-refractivity contribution in [1.82, 2.24) is 0 Å². The molecule has 1 aliphatic carbocycles. The van der Waals surface area contributed by atoms with Crippen molar-refractivity contribution in [3.63, 3.8) is 0 Å². The first-order valence-electron chi connectivity index (χ1n) is 14.0. The molecule has 0 heterocycles. The lowest BCUT2D eigenvalue weighted by Crippen LogP contribution is -2.19. The van der Waals surface area contributed by atoms with Crippen LogP contribution in [-0.4, -0.2) is 18.0 Å². The fourth-order valence-corrected chi connectivity index (χ4v) is 4.75. The second-order valence-electron chi connectivity index (χ2n) is 10.9. The highest BCUT2D eigenvalue weighted by molar-refractivity contribution is 5.37. The standard InChI is InChI=1S/C32H54O2/c1-7-8-9-10-11-12-13-14-15-16-25-34-31(33)26-28(3)20-17-19-27(2)22-23-30-29(4)21-18-24-32(30,5)6/h17,19-20,22-23,26,31,33H,7-16,18,21,24-25H2,1-6H3/b20-17+,23-22+,27-19-,28-26-. The summed E-state index contributed by atoms with van der Waals surface area (Å²) in [5, 5.41) is 10.1. The number of aliphatic hydroxyl groups excluding tert-OH is 1. The van der Waals surface area contributed by atoms with Crippen molar-refractivity contribution in [2.24, 2.45) is 5.41 Å². The van der Waals surface area contributed by atoms with Crippen molar-refractivity contribution >= 4 is 0 Å². The molecule has 0 aromatic carbocycles. The third kappa shape index (κ3) is 14.1. The molecule has 2 heteroatoms. The van der Waals surface area contributed by atoms with Crippen molar-refractivity contribution in [2.75, 3.05) is 6.61 Å². The van der Waals surface area contributed by atoms with E-state index in [9.17, 15) is 5.11 Å². The van der Waals surface area contributed by atoms with E-state index in [0.717, 1.165) is 12.0 Å². The van der Waals surface area contributed by atoms with Crippen LogP contribution in [0.2, 0.25) is 0 Å². The lowest BCUT2D eigenvalue weighted by molar-refractivity contribution is -0.0654. The van der Waals surface area contributed by atoms with E-state index >= 15 is 0 Å². The quantitative estimate of drug-likeness (QED) is 0.130. The summed E-state index contributed by atoms with van der Waals surface area (Å²) in [7, 11) is 0. The van der Waals surface area contributed by atoms with Crippen molar-refractivity contribution in [2.45, 2.75) is 131 Å². The summed E-state index contributed by atoms with van der Waals surface area (Å²) in [6.07, 6.45) is 28.5. The van der Waals surface area contributed by atoms with Gasteiger partial charge >= 0.3 is 0 Å². The normalized spacial score (nSPS) is 18.4. The lowest BCUT2D eigenvalue weighted by atomic mass is 9.72. The van der Waals surface area contributed by atoms with Gasteiger partial charge in [-0.05, 0) is 63.5 Å². The average Bonchev–Trinajstić information content (AvgIpc) is 2.76. The molecule has 0 spiro atoms. The highest BCUT2D eigenvalue weighted by Crippen LogP contribution is 2.40. The summed E-state index contributed by atoms with van der Waals surface area (Å²) in [5.41, 5.74) is 5.54. The van der Waals surface area contributed by atoms with Crippen LogP contribution in [-0.2, 0) is 4.74 Å². The minimum atomic E-state index is -0.823. The largest absolute Gasteiger partial charge is 0.365 e. The first kappa shape index (κ1) is 30.7. The fraction of sp³-hybridized carbons (Fsp3) is 0.688. The Bertz CT molecular complexity index is 703. The topological polar surface area (TPSA) is 29.5 Å². The van der Waals surface area contributed by atoms with Crippen molar-refractivity contribution < 1.29 is 9.84 Å². The molecule has 1 atom stereocenters. The molecule has 34 heavy (non-hydrogen) atoms. The van der Waals surface area contributed by atoms with Crippen LogP contribution in [0.25, 0.3) is 0 Å². The van der Waals surface area contributed by atoms with E-state index in [0.29, 0.717) is 6.61 Å². The summed E-state index contributed by atoms with van der Waals surface area (Å²) >= 11 is 0. The number of allylic oxidation sites excluding steroid dienone is 9. The van der Waals surface area contributed by atoms with E-state index in [1.165, 1.54) is 93.8 Å². The van der Waals surface area contributed by atoms with Crippen LogP contribution in [0.15, 0.2) is 58.7 Å². The number of unbranched alkanes of at least 4 members (excludes halogenated alkanes) is 9. The average molecular weight is 471 g/mol. The highest BCUT2D eigenvalue weighted by Gasteiger charge is 2.26. The van der Waals surface area contributed by atoms with Crippen LogP contribution in [0.5, 0.6) is 0 Å². The molecule has 0 aromatic heterocycles. The van der Waals surface area contributed by atoms with Crippen LogP contribution in [0, 0.1) is 5.41 Å². The Hall–Kier alpha value is -1.38. The predicted molar refractivity (Wildman–Crippen MR) is 150 cm³/mol. The maximum absolute atomic E-state index is 10.1. The fourth-order valence-electron chi connectivity index (χ4n) is 4.75. The van der Waals surface area contributed by atoms with Gasteiger partial charge in [-0.1, -0.05) is 126 Å². The van der Waals surface area contributed by atoms with E-state index in [2.05, 4.69) is 52.8 Å². The molecular weight excluding hydrogens is 416 g/mol. The number of ether oxygens (including phenoxy) is 1. The Morgan fingerprint density at radius 1 is 0.941 bits per heavy atom. The SMILES string of the molecule is CCCCCCCCCCCCOC(O)\C=C(C)/C=C/C=C(C)\C=C\C1=C(C)CCCC1(C)C. The maximum atomic E-state index is 10.1. The Morgan fingerprint density at radius 2 is 1.56 bits per heavy atom. The summed E-state index contributed by atoms with van der Waals surface area (Å²) in [6, 6.07) is 0. The summed E-state index contributed by atoms with van der Waals surface area (Å²) < 4.78 is 5.56. The van der Waals surface area contributed by atoms with E-state index in [1.54, 1.807) is 6.08 Å². The number of rotatable bonds is 17. The van der Waals surface area contributed by atoms with Gasteiger partial charge in [-0.15, -0.1) is 0 Å². The van der Waals surface area contributed by atoms with Gasteiger partial charge in [-0.3, -0.25) is 0 Å². The van der Waals surface area contributed by atoms with E-state index in [-0.39, 0.29) is 5.41 Å². The van der Waals surface area contributed by atoms with Crippen LogP contribution in [0.4, 0.5) is 0 Å². The second kappa shape index (κ2) is 18.0. The van der Waals surface area contributed by atoms with Crippen LogP contribution < -0.4 is 0 Å². The predicted octanol–water partition coefficient (Wildman–Crippen LogP) is 9.77. The Balaban J connectivity index is 2.27. The van der Waals surface area contributed by atoms with Crippen LogP contribution in [0.1, 0.15) is 125 Å². The molecule has 2 nitrogen and oxygen atoms in total. The second-order valence-corrected chi connectivity index (χ2v) is 10.9. The molecule has 0 bridgehead atoms. The molecule has 1 rings (SSSR count). The van der Waals surface area contributed by atoms with E-state index < -0.39 is 6.29 Å². The molecule has 194 valence electrons. The number of hydrogen-bond acceptors (Lipinski definition) is 2. The molecular formula is C32H54O2. The van der Waals surface area contributed by atoms with Gasteiger partial charge in [0, 0.05) is 0 Å². The van der Waals surface area contributed by atoms with E-state index in [4.69, 9.17) is 4.74 Å². The van der Waals surface area contributed by atoms with Gasteiger partial charge in [0.1, 0.15) is 0 Å². The first-order valence-corrected chi connectivity index (χ1v) is 14.0. The minimum Gasteiger partial charge on any atom is -0.365 e. The van der Waals surface area contributed by atoms with Gasteiger partial charge in [0.05, 0.1) is 6.61 Å². The van der Waals surface area contributed by atoms with Crippen LogP contribution >= 0.6 is 0 Å². The van der Waals surface area contributed by atoms with Crippen molar-refractivity contribution in [3.8, 4) is 0 Å². The Kier molecular flexibility index (Phi) is 16.2. The molecule has 1 N–H and O–H groups in total. The molecule has 0 aliphatic heterocycles. The third-order valence-corrected chi connectivity index (χ3v) is 6.97. The summed E-state index contributed by atoms with van der Waals surface area (Å²) in [6.45, 7) is 14.0. The van der Waals surface area contributed by atoms with E-state index in [1.807, 2.05) is 19.1 Å². The zero-order valence-corrected chi connectivity index (χ0v) is 23.3. The molecule has 0 saturated heterocycles. The van der Waals surface area contributed by atoms with Gasteiger partial charge in [-0.25, -0.2) is 0 Å². The van der Waals surface area contributed by atoms with Gasteiger partial charge < -0.3 is 9.84 Å². The zero-order valence-electron chi connectivity index (χ0n) is 23.3. The number of aliphatic hydroxyl groups is 1. The third-order valence-electron chi connectivity index (χ3n) is 6.97. The molecule has 0 amide bonds.